The van der Waals surface area contributed by atoms with Crippen LogP contribution < -0.4 is 5.73 Å². The van der Waals surface area contributed by atoms with Crippen LogP contribution in [0.5, 0.6) is 0 Å². The van der Waals surface area contributed by atoms with Crippen molar-refractivity contribution in [1.29, 1.82) is 0 Å². The summed E-state index contributed by atoms with van der Waals surface area (Å²) in [7, 11) is 0. The lowest BCUT2D eigenvalue weighted by Gasteiger charge is -1.99. The standard InChI is InChI=1S/C9H10FNO/c1-6(12)2-7-3-8(10)5-9(11)4-7/h3-5H,2,11H2,1H3. The van der Waals surface area contributed by atoms with Gasteiger partial charge in [0.15, 0.2) is 0 Å². The van der Waals surface area contributed by atoms with E-state index in [4.69, 9.17) is 5.73 Å². The van der Waals surface area contributed by atoms with E-state index in [1.807, 2.05) is 0 Å². The van der Waals surface area contributed by atoms with Crippen molar-refractivity contribution < 1.29 is 9.18 Å². The predicted molar refractivity (Wildman–Crippen MR) is 45.2 cm³/mol. The van der Waals surface area contributed by atoms with E-state index in [2.05, 4.69) is 0 Å². The third-order valence-corrected chi connectivity index (χ3v) is 1.43. The van der Waals surface area contributed by atoms with Crippen LogP contribution in [0.2, 0.25) is 0 Å². The smallest absolute Gasteiger partial charge is 0.134 e. The number of carbonyl (C=O) groups excluding carboxylic acids is 1. The van der Waals surface area contributed by atoms with Crippen LogP contribution in [0.1, 0.15) is 12.5 Å². The van der Waals surface area contributed by atoms with E-state index in [1.165, 1.54) is 19.1 Å². The Morgan fingerprint density at radius 3 is 2.67 bits per heavy atom. The zero-order valence-electron chi connectivity index (χ0n) is 6.80. The van der Waals surface area contributed by atoms with Crippen molar-refractivity contribution in [1.82, 2.24) is 0 Å². The van der Waals surface area contributed by atoms with Gasteiger partial charge in [-0.05, 0) is 30.7 Å². The highest BCUT2D eigenvalue weighted by Crippen LogP contribution is 2.11. The predicted octanol–water partition coefficient (Wildman–Crippen LogP) is 1.54. The number of Topliss-reactive ketones (excluding diaryl/α,β-unsaturated/α-hetero) is 1. The fraction of sp³-hybridized carbons (Fsp3) is 0.222. The third-order valence-electron chi connectivity index (χ3n) is 1.43. The third kappa shape index (κ3) is 2.34. The van der Waals surface area contributed by atoms with E-state index in [1.54, 1.807) is 6.07 Å². The van der Waals surface area contributed by atoms with Crippen molar-refractivity contribution in [3.05, 3.63) is 29.6 Å². The number of carbonyl (C=O) groups is 1. The number of benzene rings is 1. The summed E-state index contributed by atoms with van der Waals surface area (Å²) >= 11 is 0. The molecule has 0 saturated carbocycles. The SMILES string of the molecule is CC(=O)Cc1cc(N)cc(F)c1. The van der Waals surface area contributed by atoms with Crippen LogP contribution in [0.15, 0.2) is 18.2 Å². The number of nitrogens with two attached hydrogens (primary N) is 1. The van der Waals surface area contributed by atoms with Gasteiger partial charge in [0.1, 0.15) is 11.6 Å². The minimum atomic E-state index is -0.397. The Balaban J connectivity index is 2.93. The molecule has 2 nitrogen and oxygen atoms in total. The minimum Gasteiger partial charge on any atom is -0.399 e. The molecule has 3 heteroatoms. The molecule has 0 radical (unpaired) electrons. The van der Waals surface area contributed by atoms with Gasteiger partial charge in [0.25, 0.3) is 0 Å². The number of ketones is 1. The zero-order valence-corrected chi connectivity index (χ0v) is 6.80. The number of anilines is 1. The second kappa shape index (κ2) is 3.34. The first kappa shape index (κ1) is 8.71. The lowest BCUT2D eigenvalue weighted by Crippen LogP contribution is -1.98. The summed E-state index contributed by atoms with van der Waals surface area (Å²) in [6, 6.07) is 4.14. The number of nitrogen functional groups attached to an aromatic ring is 1. The number of halogens is 1. The average Bonchev–Trinajstić information content (AvgIpc) is 1.81. The Bertz CT molecular complexity index is 289. The van der Waals surface area contributed by atoms with E-state index in [0.29, 0.717) is 11.3 Å². The van der Waals surface area contributed by atoms with Crippen LogP contribution in [-0.2, 0) is 11.2 Å². The maximum atomic E-state index is 12.7. The van der Waals surface area contributed by atoms with Crippen molar-refractivity contribution in [2.24, 2.45) is 0 Å². The molecule has 2 N–H and O–H groups in total. The summed E-state index contributed by atoms with van der Waals surface area (Å²) in [6.07, 6.45) is 0.238. The van der Waals surface area contributed by atoms with Gasteiger partial charge in [-0.1, -0.05) is 0 Å². The Kier molecular flexibility index (Phi) is 2.43. The molecule has 0 unspecified atom stereocenters. The van der Waals surface area contributed by atoms with Crippen molar-refractivity contribution in [3.8, 4) is 0 Å². The van der Waals surface area contributed by atoms with Gasteiger partial charge in [0, 0.05) is 12.1 Å². The van der Waals surface area contributed by atoms with Crippen LogP contribution in [0.3, 0.4) is 0 Å². The highest BCUT2D eigenvalue weighted by atomic mass is 19.1. The first-order chi connectivity index (χ1) is 5.58. The molecular formula is C9H10FNO. The number of rotatable bonds is 2. The van der Waals surface area contributed by atoms with Crippen LogP contribution in [0.25, 0.3) is 0 Å². The fourth-order valence-electron chi connectivity index (χ4n) is 1.06. The monoisotopic (exact) mass is 167 g/mol. The molecule has 0 aliphatic heterocycles. The van der Waals surface area contributed by atoms with Crippen LogP contribution in [-0.4, -0.2) is 5.78 Å². The van der Waals surface area contributed by atoms with Crippen LogP contribution in [0, 0.1) is 5.82 Å². The molecule has 0 aliphatic rings. The molecular weight excluding hydrogens is 157 g/mol. The largest absolute Gasteiger partial charge is 0.399 e. The second-order valence-electron chi connectivity index (χ2n) is 2.77. The maximum Gasteiger partial charge on any atom is 0.134 e. The highest BCUT2D eigenvalue weighted by Gasteiger charge is 2.00. The molecule has 0 bridgehead atoms. The van der Waals surface area contributed by atoms with Gasteiger partial charge >= 0.3 is 0 Å². The lowest BCUT2D eigenvalue weighted by atomic mass is 10.1. The quantitative estimate of drug-likeness (QED) is 0.679. The lowest BCUT2D eigenvalue weighted by molar-refractivity contribution is -0.116. The molecule has 12 heavy (non-hydrogen) atoms. The summed E-state index contributed by atoms with van der Waals surface area (Å²) in [4.78, 5) is 10.7. The Morgan fingerprint density at radius 2 is 2.17 bits per heavy atom. The van der Waals surface area contributed by atoms with Gasteiger partial charge < -0.3 is 5.73 Å². The molecule has 1 aromatic carbocycles. The van der Waals surface area contributed by atoms with Crippen molar-refractivity contribution in [2.75, 3.05) is 5.73 Å². The first-order valence-electron chi connectivity index (χ1n) is 3.62. The van der Waals surface area contributed by atoms with E-state index in [-0.39, 0.29) is 12.2 Å². The average molecular weight is 167 g/mol. The summed E-state index contributed by atoms with van der Waals surface area (Å²) < 4.78 is 12.7. The molecule has 0 aliphatic carbocycles. The number of hydrogen-bond acceptors (Lipinski definition) is 2. The van der Waals surface area contributed by atoms with Gasteiger partial charge in [-0.25, -0.2) is 4.39 Å². The molecule has 0 aromatic heterocycles. The molecule has 0 amide bonds. The molecule has 0 atom stereocenters. The van der Waals surface area contributed by atoms with E-state index in [0.717, 1.165) is 0 Å². The van der Waals surface area contributed by atoms with Gasteiger partial charge in [-0.2, -0.15) is 0 Å². The fourth-order valence-corrected chi connectivity index (χ4v) is 1.06. The van der Waals surface area contributed by atoms with E-state index in [9.17, 15) is 9.18 Å². The summed E-state index contributed by atoms with van der Waals surface area (Å²) in [6.45, 7) is 1.46. The summed E-state index contributed by atoms with van der Waals surface area (Å²) in [5.41, 5.74) is 6.36. The van der Waals surface area contributed by atoms with Crippen LogP contribution in [0.4, 0.5) is 10.1 Å². The maximum absolute atomic E-state index is 12.7. The second-order valence-corrected chi connectivity index (χ2v) is 2.77. The Hall–Kier alpha value is -1.38. The molecule has 0 fully saturated rings. The number of hydrogen-bond donors (Lipinski definition) is 1. The van der Waals surface area contributed by atoms with Gasteiger partial charge in [-0.15, -0.1) is 0 Å². The molecule has 0 heterocycles. The Morgan fingerprint density at radius 1 is 1.50 bits per heavy atom. The van der Waals surface area contributed by atoms with Gasteiger partial charge in [0.2, 0.25) is 0 Å². The van der Waals surface area contributed by atoms with E-state index >= 15 is 0 Å². The zero-order chi connectivity index (χ0) is 9.14. The first-order valence-corrected chi connectivity index (χ1v) is 3.62. The molecule has 1 aromatic rings. The normalized spacial score (nSPS) is 9.83. The summed E-state index contributed by atoms with van der Waals surface area (Å²) in [5, 5.41) is 0. The molecule has 1 rings (SSSR count). The highest BCUT2D eigenvalue weighted by molar-refractivity contribution is 5.78. The molecule has 0 saturated heterocycles. The van der Waals surface area contributed by atoms with Crippen molar-refractivity contribution >= 4 is 11.5 Å². The van der Waals surface area contributed by atoms with Gasteiger partial charge in [-0.3, -0.25) is 4.79 Å². The Labute approximate surface area is 70.2 Å². The topological polar surface area (TPSA) is 43.1 Å². The minimum absolute atomic E-state index is 0.000000000000000444. The summed E-state index contributed by atoms with van der Waals surface area (Å²) in [5.74, 6) is -0.397. The van der Waals surface area contributed by atoms with E-state index < -0.39 is 5.82 Å². The molecule has 64 valence electrons. The van der Waals surface area contributed by atoms with Crippen molar-refractivity contribution in [3.63, 3.8) is 0 Å². The van der Waals surface area contributed by atoms with Gasteiger partial charge in [0.05, 0.1) is 0 Å². The molecule has 0 spiro atoms. The van der Waals surface area contributed by atoms with Crippen LogP contribution >= 0.6 is 0 Å². The van der Waals surface area contributed by atoms with Crippen molar-refractivity contribution in [2.45, 2.75) is 13.3 Å².